The molecule has 0 unspecified atom stereocenters. The van der Waals surface area contributed by atoms with Crippen molar-refractivity contribution < 1.29 is 19.6 Å². The molecule has 0 spiro atoms. The summed E-state index contributed by atoms with van der Waals surface area (Å²) in [5.74, 6) is -1.50. The molecule has 1 amide bonds. The van der Waals surface area contributed by atoms with Crippen LogP contribution < -0.4 is 0 Å². The van der Waals surface area contributed by atoms with Crippen LogP contribution in [0, 0.1) is 10.1 Å². The standard InChI is InChI=1S/C16H18N2O5/c1-3-4-9-17-14(13(10(2)19)15(20)16(17)21)11-5-7-12(8-6-11)18(22)23/h5-8,14,20H,3-4,9H2,1-2H3/t14-/m0/s1. The van der Waals surface area contributed by atoms with Crippen molar-refractivity contribution in [3.05, 3.63) is 51.3 Å². The lowest BCUT2D eigenvalue weighted by molar-refractivity contribution is -0.384. The van der Waals surface area contributed by atoms with Crippen LogP contribution in [-0.2, 0) is 9.59 Å². The molecule has 23 heavy (non-hydrogen) atoms. The molecule has 7 heteroatoms. The molecule has 0 saturated carbocycles. The molecule has 7 nitrogen and oxygen atoms in total. The SMILES string of the molecule is CCCCN1C(=O)C(O)=C(C(C)=O)[C@@H]1c1ccc([N+](=O)[O-])cc1. The highest BCUT2D eigenvalue weighted by molar-refractivity contribution is 6.08. The molecular weight excluding hydrogens is 300 g/mol. The molecule has 1 atom stereocenters. The number of hydrogen-bond acceptors (Lipinski definition) is 5. The molecule has 1 N–H and O–H groups in total. The maximum Gasteiger partial charge on any atom is 0.290 e. The summed E-state index contributed by atoms with van der Waals surface area (Å²) in [7, 11) is 0. The van der Waals surface area contributed by atoms with Crippen LogP contribution in [0.25, 0.3) is 0 Å². The van der Waals surface area contributed by atoms with Gasteiger partial charge in [-0.1, -0.05) is 13.3 Å². The maximum absolute atomic E-state index is 12.2. The molecule has 0 saturated heterocycles. The van der Waals surface area contributed by atoms with Gasteiger partial charge in [0.1, 0.15) is 0 Å². The van der Waals surface area contributed by atoms with Crippen LogP contribution in [0.3, 0.4) is 0 Å². The lowest BCUT2D eigenvalue weighted by atomic mass is 9.96. The van der Waals surface area contributed by atoms with Gasteiger partial charge in [0.2, 0.25) is 0 Å². The Morgan fingerprint density at radius 3 is 2.43 bits per heavy atom. The molecule has 0 bridgehead atoms. The van der Waals surface area contributed by atoms with Gasteiger partial charge in [0, 0.05) is 18.7 Å². The van der Waals surface area contributed by atoms with E-state index in [-0.39, 0.29) is 11.3 Å². The summed E-state index contributed by atoms with van der Waals surface area (Å²) >= 11 is 0. The van der Waals surface area contributed by atoms with Crippen molar-refractivity contribution in [3.63, 3.8) is 0 Å². The Morgan fingerprint density at radius 2 is 1.96 bits per heavy atom. The molecule has 1 aromatic carbocycles. The fraction of sp³-hybridized carbons (Fsp3) is 0.375. The molecule has 0 radical (unpaired) electrons. The van der Waals surface area contributed by atoms with Gasteiger partial charge in [0.15, 0.2) is 11.5 Å². The smallest absolute Gasteiger partial charge is 0.290 e. The summed E-state index contributed by atoms with van der Waals surface area (Å²) in [4.78, 5) is 35.8. The Kier molecular flexibility index (Phi) is 4.78. The molecule has 0 aliphatic carbocycles. The van der Waals surface area contributed by atoms with E-state index in [9.17, 15) is 24.8 Å². The van der Waals surface area contributed by atoms with Crippen molar-refractivity contribution in [2.75, 3.05) is 6.54 Å². The number of carbonyl (C=O) groups excluding carboxylic acids is 2. The average molecular weight is 318 g/mol. The van der Waals surface area contributed by atoms with E-state index in [0.717, 1.165) is 12.8 Å². The lowest BCUT2D eigenvalue weighted by Crippen LogP contribution is -2.31. The van der Waals surface area contributed by atoms with Crippen LogP contribution >= 0.6 is 0 Å². The van der Waals surface area contributed by atoms with Crippen LogP contribution in [0.1, 0.15) is 38.3 Å². The summed E-state index contributed by atoms with van der Waals surface area (Å²) < 4.78 is 0. The van der Waals surface area contributed by atoms with Crippen molar-refractivity contribution >= 4 is 17.4 Å². The molecule has 0 aromatic heterocycles. The second kappa shape index (κ2) is 6.60. The number of nitro groups is 1. The number of hydrogen-bond donors (Lipinski definition) is 1. The fourth-order valence-electron chi connectivity index (χ4n) is 2.70. The molecule has 1 aliphatic heterocycles. The molecular formula is C16H18N2O5. The van der Waals surface area contributed by atoms with E-state index < -0.39 is 28.4 Å². The number of carbonyl (C=O) groups is 2. The number of ketones is 1. The number of benzene rings is 1. The number of nitrogens with zero attached hydrogens (tertiary/aromatic N) is 2. The van der Waals surface area contributed by atoms with Gasteiger partial charge in [0.25, 0.3) is 11.6 Å². The average Bonchev–Trinajstić information content (AvgIpc) is 2.77. The lowest BCUT2D eigenvalue weighted by Gasteiger charge is -2.26. The summed E-state index contributed by atoms with van der Waals surface area (Å²) in [5, 5.41) is 20.8. The predicted octanol–water partition coefficient (Wildman–Crippen LogP) is 2.68. The quantitative estimate of drug-likeness (QED) is 0.642. The maximum atomic E-state index is 12.2. The Bertz CT molecular complexity index is 678. The topological polar surface area (TPSA) is 101 Å². The second-order valence-corrected chi connectivity index (χ2v) is 5.42. The number of nitro benzene ring substituents is 1. The van der Waals surface area contributed by atoms with Crippen molar-refractivity contribution in [1.29, 1.82) is 0 Å². The third-order valence-electron chi connectivity index (χ3n) is 3.86. The van der Waals surface area contributed by atoms with E-state index in [2.05, 4.69) is 0 Å². The highest BCUT2D eigenvalue weighted by Gasteiger charge is 2.41. The van der Waals surface area contributed by atoms with E-state index in [4.69, 9.17) is 0 Å². The van der Waals surface area contributed by atoms with Gasteiger partial charge in [0.05, 0.1) is 16.5 Å². The minimum Gasteiger partial charge on any atom is -0.503 e. The summed E-state index contributed by atoms with van der Waals surface area (Å²) in [5.41, 5.74) is 0.532. The predicted molar refractivity (Wildman–Crippen MR) is 82.8 cm³/mol. The number of unbranched alkanes of at least 4 members (excludes halogenated alkanes) is 1. The Labute approximate surface area is 133 Å². The van der Waals surface area contributed by atoms with Crippen molar-refractivity contribution in [1.82, 2.24) is 4.90 Å². The van der Waals surface area contributed by atoms with E-state index >= 15 is 0 Å². The Morgan fingerprint density at radius 1 is 1.35 bits per heavy atom. The molecule has 122 valence electrons. The summed E-state index contributed by atoms with van der Waals surface area (Å²) in [6.07, 6.45) is 1.58. The number of rotatable bonds is 6. The van der Waals surface area contributed by atoms with E-state index in [0.29, 0.717) is 12.1 Å². The van der Waals surface area contributed by atoms with Crippen molar-refractivity contribution in [2.24, 2.45) is 0 Å². The largest absolute Gasteiger partial charge is 0.503 e. The normalized spacial score (nSPS) is 17.7. The van der Waals surface area contributed by atoms with Gasteiger partial charge in [-0.25, -0.2) is 0 Å². The van der Waals surface area contributed by atoms with E-state index in [1.54, 1.807) is 0 Å². The van der Waals surface area contributed by atoms with Crippen LogP contribution in [0.2, 0.25) is 0 Å². The van der Waals surface area contributed by atoms with Gasteiger partial charge in [-0.3, -0.25) is 19.7 Å². The first-order valence-electron chi connectivity index (χ1n) is 7.37. The highest BCUT2D eigenvalue weighted by Crippen LogP contribution is 2.38. The number of non-ortho nitro benzene ring substituents is 1. The molecule has 0 fully saturated rings. The van der Waals surface area contributed by atoms with E-state index in [1.165, 1.54) is 36.1 Å². The van der Waals surface area contributed by atoms with Crippen LogP contribution in [-0.4, -0.2) is 33.2 Å². The summed E-state index contributed by atoms with van der Waals surface area (Å²) in [6.45, 7) is 3.67. The van der Waals surface area contributed by atoms with Gasteiger partial charge < -0.3 is 10.0 Å². The molecule has 2 rings (SSSR count). The monoisotopic (exact) mass is 318 g/mol. The van der Waals surface area contributed by atoms with Gasteiger partial charge >= 0.3 is 0 Å². The Balaban J connectivity index is 2.45. The highest BCUT2D eigenvalue weighted by atomic mass is 16.6. The van der Waals surface area contributed by atoms with Crippen LogP contribution in [0.15, 0.2) is 35.6 Å². The zero-order chi connectivity index (χ0) is 17.1. The molecule has 1 aromatic rings. The van der Waals surface area contributed by atoms with Gasteiger partial charge in [-0.15, -0.1) is 0 Å². The minimum atomic E-state index is -0.702. The van der Waals surface area contributed by atoms with Crippen molar-refractivity contribution in [3.8, 4) is 0 Å². The number of Topliss-reactive ketones (excluding diaryl/α,β-unsaturated/α-hetero) is 1. The van der Waals surface area contributed by atoms with Crippen LogP contribution in [0.5, 0.6) is 0 Å². The van der Waals surface area contributed by atoms with Crippen molar-refractivity contribution in [2.45, 2.75) is 32.7 Å². The number of amides is 1. The fourth-order valence-corrected chi connectivity index (χ4v) is 2.70. The first-order chi connectivity index (χ1) is 10.9. The van der Waals surface area contributed by atoms with Gasteiger partial charge in [-0.05, 0) is 31.0 Å². The first-order valence-corrected chi connectivity index (χ1v) is 7.37. The summed E-state index contributed by atoms with van der Waals surface area (Å²) in [6, 6.07) is 4.97. The van der Waals surface area contributed by atoms with Crippen LogP contribution in [0.4, 0.5) is 5.69 Å². The van der Waals surface area contributed by atoms with Gasteiger partial charge in [-0.2, -0.15) is 0 Å². The number of aliphatic hydroxyl groups is 1. The zero-order valence-corrected chi connectivity index (χ0v) is 13.0. The number of aliphatic hydroxyl groups excluding tert-OH is 1. The Hall–Kier alpha value is -2.70. The molecule has 1 heterocycles. The first kappa shape index (κ1) is 16.7. The molecule has 1 aliphatic rings. The second-order valence-electron chi connectivity index (χ2n) is 5.42. The van der Waals surface area contributed by atoms with E-state index in [1.807, 2.05) is 6.92 Å². The minimum absolute atomic E-state index is 0.0416. The third-order valence-corrected chi connectivity index (χ3v) is 3.86. The zero-order valence-electron chi connectivity index (χ0n) is 13.0. The third kappa shape index (κ3) is 3.08.